The third-order valence-electron chi connectivity index (χ3n) is 4.28. The highest BCUT2D eigenvalue weighted by Gasteiger charge is 2.17. The monoisotopic (exact) mass is 363 g/mol. The van der Waals surface area contributed by atoms with Crippen molar-refractivity contribution in [1.29, 1.82) is 0 Å². The van der Waals surface area contributed by atoms with Gasteiger partial charge in [-0.1, -0.05) is 24.3 Å². The maximum absolute atomic E-state index is 12.6. The van der Waals surface area contributed by atoms with Crippen molar-refractivity contribution in [3.8, 4) is 0 Å². The molecule has 0 bridgehead atoms. The van der Waals surface area contributed by atoms with Crippen molar-refractivity contribution in [3.63, 3.8) is 0 Å². The number of carbonyl (C=O) groups excluding carboxylic acids is 1. The summed E-state index contributed by atoms with van der Waals surface area (Å²) in [6.07, 6.45) is 2.95. The van der Waals surface area contributed by atoms with Gasteiger partial charge in [0.15, 0.2) is 0 Å². The molecule has 0 aliphatic carbocycles. The second-order valence-electron chi connectivity index (χ2n) is 6.37. The summed E-state index contributed by atoms with van der Waals surface area (Å²) in [6.45, 7) is 1.63. The number of nitrogens with zero attached hydrogens (tertiary/aromatic N) is 4. The van der Waals surface area contributed by atoms with E-state index in [1.165, 1.54) is 10.9 Å². The Bertz CT molecular complexity index is 1040. The molecule has 0 radical (unpaired) electrons. The smallest absolute Gasteiger partial charge is 0.262 e. The van der Waals surface area contributed by atoms with Crippen molar-refractivity contribution < 1.29 is 4.79 Å². The van der Waals surface area contributed by atoms with Gasteiger partial charge in [-0.2, -0.15) is 5.10 Å². The van der Waals surface area contributed by atoms with Crippen LogP contribution in [0.2, 0.25) is 0 Å². The van der Waals surface area contributed by atoms with Crippen molar-refractivity contribution in [2.75, 3.05) is 19.0 Å². The largest absolute Gasteiger partial charge is 0.378 e. The topological polar surface area (TPSA) is 79.6 Å². The van der Waals surface area contributed by atoms with E-state index in [4.69, 9.17) is 0 Å². The molecular formula is C20H21N5O2. The summed E-state index contributed by atoms with van der Waals surface area (Å²) in [6, 6.07) is 14.1. The van der Waals surface area contributed by atoms with E-state index in [0.29, 0.717) is 10.9 Å². The summed E-state index contributed by atoms with van der Waals surface area (Å²) < 4.78 is 1.30. The highest BCUT2D eigenvalue weighted by molar-refractivity contribution is 5.84. The van der Waals surface area contributed by atoms with Gasteiger partial charge in [-0.3, -0.25) is 14.2 Å². The summed E-state index contributed by atoms with van der Waals surface area (Å²) in [7, 11) is 3.93. The minimum Gasteiger partial charge on any atom is -0.378 e. The van der Waals surface area contributed by atoms with Crippen LogP contribution in [0.1, 0.15) is 18.5 Å². The molecule has 0 aliphatic heterocycles. The van der Waals surface area contributed by atoms with E-state index >= 15 is 0 Å². The van der Waals surface area contributed by atoms with Gasteiger partial charge in [-0.05, 0) is 36.8 Å². The fourth-order valence-electron chi connectivity index (χ4n) is 2.61. The number of para-hydroxylation sites is 1. The lowest BCUT2D eigenvalue weighted by molar-refractivity contribution is -0.123. The van der Waals surface area contributed by atoms with Crippen LogP contribution in [0.3, 0.4) is 0 Å². The fourth-order valence-corrected chi connectivity index (χ4v) is 2.61. The number of nitrogens with one attached hydrogen (secondary N) is 1. The number of carbonyl (C=O) groups is 1. The van der Waals surface area contributed by atoms with Gasteiger partial charge in [0, 0.05) is 19.8 Å². The lowest BCUT2D eigenvalue weighted by Gasteiger charge is -2.13. The van der Waals surface area contributed by atoms with Gasteiger partial charge < -0.3 is 4.90 Å². The summed E-state index contributed by atoms with van der Waals surface area (Å²) in [4.78, 5) is 31.1. The number of amides is 1. The first-order valence-electron chi connectivity index (χ1n) is 8.53. The predicted molar refractivity (Wildman–Crippen MR) is 107 cm³/mol. The molecular weight excluding hydrogens is 342 g/mol. The van der Waals surface area contributed by atoms with Gasteiger partial charge in [0.1, 0.15) is 6.04 Å². The molecule has 0 aliphatic rings. The van der Waals surface area contributed by atoms with Gasteiger partial charge in [-0.25, -0.2) is 10.4 Å². The highest BCUT2D eigenvalue weighted by atomic mass is 16.2. The van der Waals surface area contributed by atoms with Gasteiger partial charge in [0.2, 0.25) is 0 Å². The van der Waals surface area contributed by atoms with E-state index in [1.54, 1.807) is 31.3 Å². The van der Waals surface area contributed by atoms with Crippen LogP contribution in [-0.2, 0) is 4.79 Å². The summed E-state index contributed by atoms with van der Waals surface area (Å²) in [5.74, 6) is -0.393. The fraction of sp³-hybridized carbons (Fsp3) is 0.200. The Morgan fingerprint density at radius 3 is 2.59 bits per heavy atom. The van der Waals surface area contributed by atoms with Crippen LogP contribution in [-0.4, -0.2) is 35.8 Å². The molecule has 138 valence electrons. The normalized spacial score (nSPS) is 12.3. The minimum absolute atomic E-state index is 0.258. The van der Waals surface area contributed by atoms with Crippen LogP contribution in [0.15, 0.2) is 64.8 Å². The molecule has 0 saturated heterocycles. The molecule has 27 heavy (non-hydrogen) atoms. The lowest BCUT2D eigenvalue weighted by Crippen LogP contribution is -2.33. The number of anilines is 1. The maximum atomic E-state index is 12.6. The van der Waals surface area contributed by atoms with Crippen LogP contribution in [0.25, 0.3) is 10.9 Å². The van der Waals surface area contributed by atoms with Gasteiger partial charge >= 0.3 is 0 Å². The predicted octanol–water partition coefficient (Wildman–Crippen LogP) is 2.17. The average molecular weight is 363 g/mol. The van der Waals surface area contributed by atoms with Gasteiger partial charge in [0.25, 0.3) is 11.5 Å². The first-order valence-corrected chi connectivity index (χ1v) is 8.53. The molecule has 0 spiro atoms. The van der Waals surface area contributed by atoms with Crippen LogP contribution >= 0.6 is 0 Å². The molecule has 0 unspecified atom stereocenters. The SMILES string of the molecule is C[C@H](C(=O)NN=Cc1ccc(N(C)C)cc1)n1cnc2ccccc2c1=O. The molecule has 0 saturated carbocycles. The van der Waals surface area contributed by atoms with Crippen LogP contribution in [0, 0.1) is 0 Å². The molecule has 7 heteroatoms. The molecule has 1 aromatic heterocycles. The van der Waals surface area contributed by atoms with Crippen molar-refractivity contribution in [2.45, 2.75) is 13.0 Å². The number of hydrazone groups is 1. The third kappa shape index (κ3) is 4.03. The number of aromatic nitrogens is 2. The molecule has 3 rings (SSSR count). The van der Waals surface area contributed by atoms with E-state index in [1.807, 2.05) is 49.3 Å². The first kappa shape index (κ1) is 18.3. The Hall–Kier alpha value is -3.48. The second-order valence-corrected chi connectivity index (χ2v) is 6.37. The lowest BCUT2D eigenvalue weighted by atomic mass is 10.2. The molecule has 1 atom stereocenters. The minimum atomic E-state index is -0.733. The van der Waals surface area contributed by atoms with Crippen molar-refractivity contribution in [2.24, 2.45) is 5.10 Å². The molecule has 3 aromatic rings. The van der Waals surface area contributed by atoms with Crippen LogP contribution in [0.5, 0.6) is 0 Å². The first-order chi connectivity index (χ1) is 13.0. The summed E-state index contributed by atoms with van der Waals surface area (Å²) in [5.41, 5.74) is 4.76. The van der Waals surface area contributed by atoms with Crippen LogP contribution in [0.4, 0.5) is 5.69 Å². The molecule has 0 fully saturated rings. The highest BCUT2D eigenvalue weighted by Crippen LogP contribution is 2.11. The second kappa shape index (κ2) is 7.82. The average Bonchev–Trinajstić information content (AvgIpc) is 2.68. The summed E-state index contributed by atoms with van der Waals surface area (Å²) >= 11 is 0. The van der Waals surface area contributed by atoms with E-state index in [9.17, 15) is 9.59 Å². The molecule has 1 heterocycles. The Labute approximate surface area is 157 Å². The maximum Gasteiger partial charge on any atom is 0.262 e. The zero-order valence-corrected chi connectivity index (χ0v) is 15.5. The molecule has 2 aromatic carbocycles. The van der Waals surface area contributed by atoms with Crippen molar-refractivity contribution in [1.82, 2.24) is 15.0 Å². The summed E-state index contributed by atoms with van der Waals surface area (Å²) in [5, 5.41) is 4.46. The Morgan fingerprint density at radius 1 is 1.19 bits per heavy atom. The van der Waals surface area contributed by atoms with Gasteiger partial charge in [-0.15, -0.1) is 0 Å². The standard InChI is InChI=1S/C20H21N5O2/c1-14(25-13-21-18-7-5-4-6-17(18)20(25)27)19(26)23-22-12-15-8-10-16(11-9-15)24(2)3/h4-14H,1-3H3,(H,23,26)/t14-/m1/s1. The van der Waals surface area contributed by atoms with E-state index in [-0.39, 0.29) is 5.56 Å². The number of hydrogen-bond acceptors (Lipinski definition) is 5. The van der Waals surface area contributed by atoms with Crippen molar-refractivity contribution >= 4 is 28.7 Å². The van der Waals surface area contributed by atoms with E-state index in [2.05, 4.69) is 15.5 Å². The number of hydrogen-bond donors (Lipinski definition) is 1. The molecule has 1 N–H and O–H groups in total. The Balaban J connectivity index is 1.71. The molecule has 1 amide bonds. The zero-order valence-electron chi connectivity index (χ0n) is 15.5. The van der Waals surface area contributed by atoms with E-state index in [0.717, 1.165) is 11.3 Å². The van der Waals surface area contributed by atoms with E-state index < -0.39 is 11.9 Å². The third-order valence-corrected chi connectivity index (χ3v) is 4.28. The number of rotatable bonds is 5. The number of benzene rings is 2. The number of fused-ring (bicyclic) bond motifs is 1. The van der Waals surface area contributed by atoms with Crippen molar-refractivity contribution in [3.05, 3.63) is 70.8 Å². The quantitative estimate of drug-likeness (QED) is 0.557. The Morgan fingerprint density at radius 2 is 1.89 bits per heavy atom. The molecule has 7 nitrogen and oxygen atoms in total. The van der Waals surface area contributed by atoms with Gasteiger partial charge in [0.05, 0.1) is 23.4 Å². The zero-order chi connectivity index (χ0) is 19.4. The Kier molecular flexibility index (Phi) is 5.30. The van der Waals surface area contributed by atoms with Crippen LogP contribution < -0.4 is 15.9 Å².